The molecular formula is C7H13F2NO. The summed E-state index contributed by atoms with van der Waals surface area (Å²) < 4.78 is 25.3. The van der Waals surface area contributed by atoms with Crippen molar-refractivity contribution in [3.63, 3.8) is 0 Å². The van der Waals surface area contributed by atoms with E-state index in [1.54, 1.807) is 19.0 Å². The van der Waals surface area contributed by atoms with E-state index in [4.69, 9.17) is 5.11 Å². The van der Waals surface area contributed by atoms with Gasteiger partial charge >= 0.3 is 0 Å². The minimum atomic E-state index is -2.65. The van der Waals surface area contributed by atoms with Crippen LogP contribution in [0.25, 0.3) is 0 Å². The molecule has 1 rings (SSSR count). The summed E-state index contributed by atoms with van der Waals surface area (Å²) >= 11 is 0. The Hall–Kier alpha value is -0.220. The van der Waals surface area contributed by atoms with Gasteiger partial charge in [-0.15, -0.1) is 0 Å². The maximum atomic E-state index is 12.6. The molecule has 0 bridgehead atoms. The molecule has 0 heterocycles. The van der Waals surface area contributed by atoms with Crippen molar-refractivity contribution in [2.45, 2.75) is 12.3 Å². The smallest absolute Gasteiger partial charge is 0.258 e. The van der Waals surface area contributed by atoms with Gasteiger partial charge in [-0.05, 0) is 14.1 Å². The van der Waals surface area contributed by atoms with Crippen molar-refractivity contribution < 1.29 is 13.9 Å². The lowest BCUT2D eigenvalue weighted by Crippen LogP contribution is -2.30. The van der Waals surface area contributed by atoms with E-state index in [1.165, 1.54) is 0 Å². The van der Waals surface area contributed by atoms with Gasteiger partial charge in [-0.2, -0.15) is 0 Å². The van der Waals surface area contributed by atoms with Gasteiger partial charge in [-0.25, -0.2) is 8.78 Å². The van der Waals surface area contributed by atoms with Crippen molar-refractivity contribution in [3.8, 4) is 0 Å². The van der Waals surface area contributed by atoms with Gasteiger partial charge in [0.2, 0.25) is 0 Å². The highest BCUT2D eigenvalue weighted by atomic mass is 19.3. The van der Waals surface area contributed by atoms with Gasteiger partial charge in [-0.3, -0.25) is 0 Å². The Labute approximate surface area is 64.8 Å². The van der Waals surface area contributed by atoms with E-state index in [-0.39, 0.29) is 13.0 Å². The van der Waals surface area contributed by atoms with Crippen molar-refractivity contribution in [3.05, 3.63) is 0 Å². The van der Waals surface area contributed by atoms with Crippen LogP contribution in [0.2, 0.25) is 0 Å². The lowest BCUT2D eigenvalue weighted by Gasteiger charge is -2.17. The summed E-state index contributed by atoms with van der Waals surface area (Å²) in [6, 6.07) is 0. The van der Waals surface area contributed by atoms with Crippen LogP contribution in [0.1, 0.15) is 6.42 Å². The fourth-order valence-electron chi connectivity index (χ4n) is 1.38. The van der Waals surface area contributed by atoms with Crippen molar-refractivity contribution in [1.82, 2.24) is 4.90 Å². The predicted octanol–water partition coefficient (Wildman–Crippen LogP) is 0.566. The Morgan fingerprint density at radius 2 is 1.91 bits per heavy atom. The van der Waals surface area contributed by atoms with Crippen LogP contribution in [0.4, 0.5) is 8.78 Å². The first-order valence-electron chi connectivity index (χ1n) is 3.57. The molecule has 0 saturated heterocycles. The molecule has 0 spiro atoms. The summed E-state index contributed by atoms with van der Waals surface area (Å²) in [6.45, 7) is -0.158. The maximum Gasteiger partial charge on any atom is 0.258 e. The number of alkyl halides is 2. The summed E-state index contributed by atoms with van der Waals surface area (Å²) in [4.78, 5) is 1.68. The van der Waals surface area contributed by atoms with E-state index < -0.39 is 17.9 Å². The highest BCUT2D eigenvalue weighted by Crippen LogP contribution is 2.60. The number of aliphatic hydroxyl groups is 1. The molecule has 66 valence electrons. The number of nitrogens with zero attached hydrogens (tertiary/aromatic N) is 1. The molecule has 0 radical (unpaired) electrons. The van der Waals surface area contributed by atoms with E-state index in [1.807, 2.05) is 0 Å². The third kappa shape index (κ3) is 1.37. The number of rotatable bonds is 3. The van der Waals surface area contributed by atoms with Gasteiger partial charge in [0.25, 0.3) is 5.92 Å². The maximum absolute atomic E-state index is 12.6. The second-order valence-electron chi connectivity index (χ2n) is 3.56. The Morgan fingerprint density at radius 3 is 2.00 bits per heavy atom. The molecule has 4 heteroatoms. The number of hydrogen-bond acceptors (Lipinski definition) is 2. The molecule has 1 unspecified atom stereocenters. The minimum absolute atomic E-state index is 0.172. The summed E-state index contributed by atoms with van der Waals surface area (Å²) in [5.74, 6) is -2.65. The first kappa shape index (κ1) is 8.87. The fraction of sp³-hybridized carbons (Fsp3) is 1.00. The predicted molar refractivity (Wildman–Crippen MR) is 37.6 cm³/mol. The van der Waals surface area contributed by atoms with Crippen molar-refractivity contribution >= 4 is 0 Å². The second kappa shape index (κ2) is 2.38. The second-order valence-corrected chi connectivity index (χ2v) is 3.56. The summed E-state index contributed by atoms with van der Waals surface area (Å²) in [5, 5.41) is 8.73. The van der Waals surface area contributed by atoms with Crippen LogP contribution in [-0.4, -0.2) is 43.2 Å². The van der Waals surface area contributed by atoms with Crippen LogP contribution in [-0.2, 0) is 0 Å². The highest BCUT2D eigenvalue weighted by molar-refractivity contribution is 5.10. The summed E-state index contributed by atoms with van der Waals surface area (Å²) in [5.41, 5.74) is -1.14. The summed E-state index contributed by atoms with van der Waals surface area (Å²) in [7, 11) is 3.46. The molecule has 0 aliphatic heterocycles. The average Bonchev–Trinajstić information content (AvgIpc) is 2.33. The van der Waals surface area contributed by atoms with Crippen molar-refractivity contribution in [2.24, 2.45) is 5.41 Å². The molecule has 2 nitrogen and oxygen atoms in total. The SMILES string of the molecule is CN(C)CC1(CO)CC1(F)F. The van der Waals surface area contributed by atoms with Gasteiger partial charge in [-0.1, -0.05) is 0 Å². The Balaban J connectivity index is 2.53. The van der Waals surface area contributed by atoms with Crippen LogP contribution in [0.15, 0.2) is 0 Å². The fourth-order valence-corrected chi connectivity index (χ4v) is 1.38. The first-order chi connectivity index (χ1) is 4.93. The number of halogens is 2. The van der Waals surface area contributed by atoms with Crippen LogP contribution in [0.3, 0.4) is 0 Å². The zero-order chi connectivity index (χ0) is 8.70. The van der Waals surface area contributed by atoms with Crippen LogP contribution >= 0.6 is 0 Å². The number of hydrogen-bond donors (Lipinski definition) is 1. The highest BCUT2D eigenvalue weighted by Gasteiger charge is 2.70. The molecule has 0 amide bonds. The average molecular weight is 165 g/mol. The molecule has 1 aliphatic carbocycles. The van der Waals surface area contributed by atoms with Gasteiger partial charge in [0.15, 0.2) is 0 Å². The molecule has 1 saturated carbocycles. The third-order valence-corrected chi connectivity index (χ3v) is 2.13. The molecule has 1 atom stereocenters. The van der Waals surface area contributed by atoms with Crippen LogP contribution in [0.5, 0.6) is 0 Å². The lowest BCUT2D eigenvalue weighted by atomic mass is 10.1. The van der Waals surface area contributed by atoms with E-state index in [2.05, 4.69) is 0 Å². The lowest BCUT2D eigenvalue weighted by molar-refractivity contribution is 0.0252. The molecule has 0 aromatic heterocycles. The Morgan fingerprint density at radius 1 is 1.45 bits per heavy atom. The zero-order valence-electron chi connectivity index (χ0n) is 6.77. The van der Waals surface area contributed by atoms with E-state index in [9.17, 15) is 8.78 Å². The molecule has 1 N–H and O–H groups in total. The largest absolute Gasteiger partial charge is 0.396 e. The topological polar surface area (TPSA) is 23.5 Å². The van der Waals surface area contributed by atoms with E-state index >= 15 is 0 Å². The molecule has 11 heavy (non-hydrogen) atoms. The van der Waals surface area contributed by atoms with E-state index in [0.29, 0.717) is 0 Å². The van der Waals surface area contributed by atoms with Crippen molar-refractivity contribution in [1.29, 1.82) is 0 Å². The Kier molecular flexibility index (Phi) is 1.92. The zero-order valence-corrected chi connectivity index (χ0v) is 6.77. The molecule has 0 aromatic carbocycles. The first-order valence-corrected chi connectivity index (χ1v) is 3.57. The van der Waals surface area contributed by atoms with Crippen LogP contribution < -0.4 is 0 Å². The molecule has 0 aromatic rings. The molecular weight excluding hydrogens is 152 g/mol. The minimum Gasteiger partial charge on any atom is -0.396 e. The van der Waals surface area contributed by atoms with Gasteiger partial charge < -0.3 is 10.0 Å². The number of aliphatic hydroxyl groups excluding tert-OH is 1. The monoisotopic (exact) mass is 165 g/mol. The van der Waals surface area contributed by atoms with Crippen molar-refractivity contribution in [2.75, 3.05) is 27.2 Å². The summed E-state index contributed by atoms with van der Waals surface area (Å²) in [6.07, 6.45) is -0.172. The molecule has 1 fully saturated rings. The van der Waals surface area contributed by atoms with Gasteiger partial charge in [0.05, 0.1) is 12.0 Å². The Bertz CT molecular complexity index is 161. The quantitative estimate of drug-likeness (QED) is 0.660. The van der Waals surface area contributed by atoms with Gasteiger partial charge in [0.1, 0.15) is 0 Å². The van der Waals surface area contributed by atoms with E-state index in [0.717, 1.165) is 0 Å². The standard InChI is InChI=1S/C7H13F2NO/c1-10(2)4-6(5-11)3-7(6,8)9/h11H,3-5H2,1-2H3. The normalized spacial score (nSPS) is 34.4. The van der Waals surface area contributed by atoms with Gasteiger partial charge in [0, 0.05) is 13.0 Å². The molecule has 1 aliphatic rings. The van der Waals surface area contributed by atoms with Crippen LogP contribution in [0, 0.1) is 5.41 Å². The third-order valence-electron chi connectivity index (χ3n) is 2.13.